The quantitative estimate of drug-likeness (QED) is 0.901. The van der Waals surface area contributed by atoms with E-state index in [1.165, 1.54) is 18.3 Å². The normalized spacial score (nSPS) is 10.2. The van der Waals surface area contributed by atoms with Crippen LogP contribution in [0.1, 0.15) is 17.3 Å². The lowest BCUT2D eigenvalue weighted by molar-refractivity contribution is -0.114. The molecule has 6 heteroatoms. The Bertz CT molecular complexity index is 652. The van der Waals surface area contributed by atoms with Gasteiger partial charge in [-0.1, -0.05) is 28.1 Å². The van der Waals surface area contributed by atoms with Crippen molar-refractivity contribution >= 4 is 44.1 Å². The number of halogens is 1. The van der Waals surface area contributed by atoms with Gasteiger partial charge in [0.05, 0.1) is 5.56 Å². The molecule has 98 valence electrons. The number of carbonyl (C=O) groups excluding carboxylic acids is 2. The largest absolute Gasteiger partial charge is 0.366 e. The molecule has 0 saturated carbocycles. The van der Waals surface area contributed by atoms with Crippen LogP contribution in [0.4, 0.5) is 5.00 Å². The van der Waals surface area contributed by atoms with Gasteiger partial charge in [-0.25, -0.2) is 0 Å². The van der Waals surface area contributed by atoms with Gasteiger partial charge in [0.15, 0.2) is 0 Å². The van der Waals surface area contributed by atoms with Crippen molar-refractivity contribution in [3.63, 3.8) is 0 Å². The average molecular weight is 339 g/mol. The molecule has 4 nitrogen and oxygen atoms in total. The van der Waals surface area contributed by atoms with E-state index in [0.717, 1.165) is 14.9 Å². The van der Waals surface area contributed by atoms with Gasteiger partial charge >= 0.3 is 0 Å². The van der Waals surface area contributed by atoms with Crippen molar-refractivity contribution in [2.24, 2.45) is 5.73 Å². The summed E-state index contributed by atoms with van der Waals surface area (Å²) in [5, 5.41) is 3.11. The zero-order valence-electron chi connectivity index (χ0n) is 10.1. The molecule has 1 heterocycles. The number of amides is 2. The first-order chi connectivity index (χ1) is 8.97. The Morgan fingerprint density at radius 3 is 2.63 bits per heavy atom. The minimum Gasteiger partial charge on any atom is -0.366 e. The maximum atomic E-state index is 11.4. The van der Waals surface area contributed by atoms with Gasteiger partial charge in [0.1, 0.15) is 5.00 Å². The van der Waals surface area contributed by atoms with Gasteiger partial charge in [0, 0.05) is 16.3 Å². The fourth-order valence-corrected chi connectivity index (χ4v) is 3.12. The number of nitrogens with two attached hydrogens (primary N) is 1. The average Bonchev–Trinajstić information content (AvgIpc) is 2.72. The molecule has 0 atom stereocenters. The molecule has 0 radical (unpaired) electrons. The highest BCUT2D eigenvalue weighted by Gasteiger charge is 2.15. The van der Waals surface area contributed by atoms with Crippen LogP contribution < -0.4 is 11.1 Å². The van der Waals surface area contributed by atoms with Crippen LogP contribution in [0.25, 0.3) is 10.4 Å². The van der Waals surface area contributed by atoms with E-state index < -0.39 is 5.91 Å². The predicted molar refractivity (Wildman–Crippen MR) is 80.3 cm³/mol. The number of hydrogen-bond acceptors (Lipinski definition) is 3. The van der Waals surface area contributed by atoms with E-state index in [1.54, 1.807) is 6.07 Å². The van der Waals surface area contributed by atoms with E-state index in [1.807, 2.05) is 24.3 Å². The maximum Gasteiger partial charge on any atom is 0.251 e. The van der Waals surface area contributed by atoms with Crippen LogP contribution in [0.15, 0.2) is 34.8 Å². The zero-order chi connectivity index (χ0) is 14.0. The maximum absolute atomic E-state index is 11.4. The minimum absolute atomic E-state index is 0.231. The number of hydrogen-bond donors (Lipinski definition) is 2. The van der Waals surface area contributed by atoms with Crippen LogP contribution in [0.3, 0.4) is 0 Å². The molecule has 2 amide bonds. The van der Waals surface area contributed by atoms with Crippen LogP contribution in [-0.4, -0.2) is 11.8 Å². The van der Waals surface area contributed by atoms with Gasteiger partial charge in [-0.3, -0.25) is 9.59 Å². The van der Waals surface area contributed by atoms with Crippen LogP contribution in [0.5, 0.6) is 0 Å². The molecular weight excluding hydrogens is 328 g/mol. The molecule has 0 spiro atoms. The first kappa shape index (κ1) is 13.8. The van der Waals surface area contributed by atoms with E-state index in [0.29, 0.717) is 10.6 Å². The second-order valence-electron chi connectivity index (χ2n) is 3.91. The molecule has 3 N–H and O–H groups in total. The Hall–Kier alpha value is -1.66. The van der Waals surface area contributed by atoms with Crippen molar-refractivity contribution in [3.8, 4) is 10.4 Å². The fraction of sp³-hybridized carbons (Fsp3) is 0.0769. The number of carbonyl (C=O) groups is 2. The molecule has 0 saturated heterocycles. The highest BCUT2D eigenvalue weighted by Crippen LogP contribution is 2.36. The molecular formula is C13H11BrN2O2S. The molecule has 0 fully saturated rings. The Labute approximate surface area is 122 Å². The second kappa shape index (κ2) is 5.54. The summed E-state index contributed by atoms with van der Waals surface area (Å²) in [6, 6.07) is 9.38. The molecule has 1 aromatic heterocycles. The summed E-state index contributed by atoms with van der Waals surface area (Å²) in [7, 11) is 0. The zero-order valence-corrected chi connectivity index (χ0v) is 12.5. The fourth-order valence-electron chi connectivity index (χ4n) is 1.61. The number of nitrogens with one attached hydrogen (secondary N) is 1. The third-order valence-electron chi connectivity index (χ3n) is 2.40. The molecule has 0 aliphatic carbocycles. The lowest BCUT2D eigenvalue weighted by Crippen LogP contribution is -2.14. The van der Waals surface area contributed by atoms with Crippen molar-refractivity contribution in [1.82, 2.24) is 0 Å². The summed E-state index contributed by atoms with van der Waals surface area (Å²) in [5.74, 6) is -0.786. The molecule has 0 unspecified atom stereocenters. The van der Waals surface area contributed by atoms with E-state index in [4.69, 9.17) is 5.73 Å². The number of benzene rings is 1. The SMILES string of the molecule is CC(=O)Nc1sc(-c2cccc(Br)c2)cc1C(N)=O. The summed E-state index contributed by atoms with van der Waals surface area (Å²) >= 11 is 4.72. The lowest BCUT2D eigenvalue weighted by Gasteiger charge is -1.99. The van der Waals surface area contributed by atoms with Crippen molar-refractivity contribution in [3.05, 3.63) is 40.4 Å². The smallest absolute Gasteiger partial charge is 0.251 e. The van der Waals surface area contributed by atoms with Gasteiger partial charge in [-0.15, -0.1) is 11.3 Å². The van der Waals surface area contributed by atoms with E-state index in [9.17, 15) is 9.59 Å². The summed E-state index contributed by atoms with van der Waals surface area (Å²) in [5.41, 5.74) is 6.60. The minimum atomic E-state index is -0.554. The van der Waals surface area contributed by atoms with Crippen LogP contribution in [0.2, 0.25) is 0 Å². The summed E-state index contributed by atoms with van der Waals surface area (Å²) in [4.78, 5) is 23.4. The number of anilines is 1. The van der Waals surface area contributed by atoms with E-state index >= 15 is 0 Å². The molecule has 0 aliphatic heterocycles. The monoisotopic (exact) mass is 338 g/mol. The van der Waals surface area contributed by atoms with Crippen molar-refractivity contribution < 1.29 is 9.59 Å². The topological polar surface area (TPSA) is 72.2 Å². The molecule has 0 bridgehead atoms. The number of thiophene rings is 1. The predicted octanol–water partition coefficient (Wildman–Crippen LogP) is 3.23. The summed E-state index contributed by atoms with van der Waals surface area (Å²) in [6.45, 7) is 1.39. The summed E-state index contributed by atoms with van der Waals surface area (Å²) in [6.07, 6.45) is 0. The van der Waals surface area contributed by atoms with Crippen molar-refractivity contribution in [2.45, 2.75) is 6.92 Å². The first-order valence-electron chi connectivity index (χ1n) is 5.44. The summed E-state index contributed by atoms with van der Waals surface area (Å²) < 4.78 is 0.945. The van der Waals surface area contributed by atoms with Gasteiger partial charge in [-0.05, 0) is 23.8 Å². The third kappa shape index (κ3) is 3.21. The Balaban J connectivity index is 2.48. The van der Waals surface area contributed by atoms with Crippen LogP contribution in [-0.2, 0) is 4.79 Å². The highest BCUT2D eigenvalue weighted by molar-refractivity contribution is 9.10. The van der Waals surface area contributed by atoms with Gasteiger partial charge in [0.2, 0.25) is 5.91 Å². The van der Waals surface area contributed by atoms with Crippen LogP contribution >= 0.6 is 27.3 Å². The molecule has 2 rings (SSSR count). The van der Waals surface area contributed by atoms with E-state index in [-0.39, 0.29) is 5.91 Å². The second-order valence-corrected chi connectivity index (χ2v) is 5.88. The van der Waals surface area contributed by atoms with Crippen molar-refractivity contribution in [2.75, 3.05) is 5.32 Å². The highest BCUT2D eigenvalue weighted by atomic mass is 79.9. The van der Waals surface area contributed by atoms with Crippen molar-refractivity contribution in [1.29, 1.82) is 0 Å². The Morgan fingerprint density at radius 1 is 1.32 bits per heavy atom. The Kier molecular flexibility index (Phi) is 4.01. The van der Waals surface area contributed by atoms with Gasteiger partial charge < -0.3 is 11.1 Å². The molecule has 19 heavy (non-hydrogen) atoms. The number of rotatable bonds is 3. The van der Waals surface area contributed by atoms with Gasteiger partial charge in [-0.2, -0.15) is 0 Å². The molecule has 1 aromatic carbocycles. The third-order valence-corrected chi connectivity index (χ3v) is 3.99. The molecule has 0 aliphatic rings. The lowest BCUT2D eigenvalue weighted by atomic mass is 10.1. The van der Waals surface area contributed by atoms with E-state index in [2.05, 4.69) is 21.2 Å². The first-order valence-corrected chi connectivity index (χ1v) is 7.05. The standard InChI is InChI=1S/C13H11BrN2O2S/c1-7(17)16-13-10(12(15)18)6-11(19-13)8-3-2-4-9(14)5-8/h2-6H,1H3,(H2,15,18)(H,16,17). The van der Waals surface area contributed by atoms with Gasteiger partial charge in [0.25, 0.3) is 5.91 Å². The van der Waals surface area contributed by atoms with Crippen LogP contribution in [0, 0.1) is 0 Å². The number of primary amides is 1. The molecule has 2 aromatic rings. The Morgan fingerprint density at radius 2 is 2.05 bits per heavy atom.